The van der Waals surface area contributed by atoms with Crippen molar-refractivity contribution in [3.8, 4) is 0 Å². The second kappa shape index (κ2) is 4.74. The third-order valence-electron chi connectivity index (χ3n) is 3.03. The maximum absolute atomic E-state index is 7.46. The number of fused-ring (bicyclic) bond motifs is 2. The van der Waals surface area contributed by atoms with E-state index in [1.165, 1.54) is 0 Å². The minimum atomic E-state index is 0. The van der Waals surface area contributed by atoms with Gasteiger partial charge in [-0.1, -0.05) is 18.2 Å². The molecule has 0 aliphatic rings. The molecule has 0 aliphatic heterocycles. The minimum Gasteiger partial charge on any atom is -0.398 e. The molecule has 1 aromatic heterocycles. The van der Waals surface area contributed by atoms with Gasteiger partial charge in [-0.3, -0.25) is 5.41 Å². The van der Waals surface area contributed by atoms with Gasteiger partial charge >= 0.3 is 0 Å². The monoisotopic (exact) mass is 272 g/mol. The number of nitrogens with one attached hydrogen (secondary N) is 1. The normalized spacial score (nSPS) is 10.3. The first-order chi connectivity index (χ1) is 8.66. The van der Waals surface area contributed by atoms with Crippen LogP contribution in [0.25, 0.3) is 21.8 Å². The average molecular weight is 273 g/mol. The Kier molecular flexibility index (Phi) is 3.27. The van der Waals surface area contributed by atoms with Gasteiger partial charge in [0.25, 0.3) is 0 Å². The zero-order valence-corrected chi connectivity index (χ0v) is 10.9. The summed E-state index contributed by atoms with van der Waals surface area (Å²) in [4.78, 5) is 4.55. The summed E-state index contributed by atoms with van der Waals surface area (Å²) in [5.74, 6) is 0.0319. The standard InChI is InChI=1S/C14H12N4.ClH/c15-13-9-3-1-2-4-11(9)18-12-6-5-8(14(16)17)7-10(12)13;/h1-7H,(H2,15,18)(H3,16,17);1H. The number of halogens is 1. The van der Waals surface area contributed by atoms with Crippen LogP contribution in [0.1, 0.15) is 5.56 Å². The SMILES string of the molecule is Cl.N=C(N)c1ccc2nc3ccccc3c(N)c2c1. The van der Waals surface area contributed by atoms with Gasteiger partial charge in [-0.05, 0) is 24.3 Å². The molecule has 3 aromatic rings. The van der Waals surface area contributed by atoms with Gasteiger partial charge in [0, 0.05) is 16.3 Å². The quantitative estimate of drug-likeness (QED) is 0.361. The lowest BCUT2D eigenvalue weighted by Crippen LogP contribution is -2.10. The maximum Gasteiger partial charge on any atom is 0.122 e. The number of para-hydroxylation sites is 1. The third-order valence-corrected chi connectivity index (χ3v) is 3.03. The van der Waals surface area contributed by atoms with E-state index in [4.69, 9.17) is 16.9 Å². The van der Waals surface area contributed by atoms with Gasteiger partial charge in [0.1, 0.15) is 5.84 Å². The zero-order valence-electron chi connectivity index (χ0n) is 10.1. The topological polar surface area (TPSA) is 88.8 Å². The van der Waals surface area contributed by atoms with Gasteiger partial charge in [0.05, 0.1) is 16.7 Å². The molecule has 5 heteroatoms. The van der Waals surface area contributed by atoms with Crippen LogP contribution in [0.3, 0.4) is 0 Å². The van der Waals surface area contributed by atoms with Crippen LogP contribution >= 0.6 is 12.4 Å². The van der Waals surface area contributed by atoms with Crippen LogP contribution in [0.4, 0.5) is 5.69 Å². The summed E-state index contributed by atoms with van der Waals surface area (Å²) in [5, 5.41) is 9.22. The van der Waals surface area contributed by atoms with Crippen LogP contribution in [-0.2, 0) is 0 Å². The Bertz CT molecular complexity index is 783. The maximum atomic E-state index is 7.46. The molecule has 96 valence electrons. The lowest BCUT2D eigenvalue weighted by molar-refractivity contribution is 1.42. The summed E-state index contributed by atoms with van der Waals surface area (Å²) in [6, 6.07) is 13.2. The Balaban J connectivity index is 0.00000133. The molecule has 0 radical (unpaired) electrons. The van der Waals surface area contributed by atoms with Gasteiger partial charge in [0.15, 0.2) is 0 Å². The molecule has 0 fully saturated rings. The predicted octanol–water partition coefficient (Wildman–Crippen LogP) is 2.68. The van der Waals surface area contributed by atoms with Crippen LogP contribution in [-0.4, -0.2) is 10.8 Å². The molecule has 1 heterocycles. The molecule has 0 bridgehead atoms. The molecule has 0 atom stereocenters. The number of pyridine rings is 1. The fraction of sp³-hybridized carbons (Fsp3) is 0. The van der Waals surface area contributed by atoms with Crippen LogP contribution in [0.5, 0.6) is 0 Å². The number of hydrogen-bond acceptors (Lipinski definition) is 3. The number of anilines is 1. The Labute approximate surface area is 116 Å². The summed E-state index contributed by atoms with van der Waals surface area (Å²) in [6.45, 7) is 0. The van der Waals surface area contributed by atoms with Gasteiger partial charge < -0.3 is 11.5 Å². The van der Waals surface area contributed by atoms with Crippen LogP contribution in [0.15, 0.2) is 42.5 Å². The number of rotatable bonds is 1. The largest absolute Gasteiger partial charge is 0.398 e. The second-order valence-corrected chi connectivity index (χ2v) is 4.19. The van der Waals surface area contributed by atoms with Crippen molar-refractivity contribution in [1.29, 1.82) is 5.41 Å². The van der Waals surface area contributed by atoms with Crippen molar-refractivity contribution in [1.82, 2.24) is 4.98 Å². The molecular weight excluding hydrogens is 260 g/mol. The summed E-state index contributed by atoms with van der Waals surface area (Å²) in [6.07, 6.45) is 0. The Hall–Kier alpha value is -2.33. The molecule has 0 saturated carbocycles. The van der Waals surface area contributed by atoms with E-state index in [0.29, 0.717) is 11.3 Å². The summed E-state index contributed by atoms with van der Waals surface area (Å²) >= 11 is 0. The number of nitrogens with two attached hydrogens (primary N) is 2. The summed E-state index contributed by atoms with van der Waals surface area (Å²) in [5.41, 5.74) is 14.7. The van der Waals surface area contributed by atoms with Crippen LogP contribution in [0, 0.1) is 5.41 Å². The Morgan fingerprint density at radius 2 is 1.68 bits per heavy atom. The predicted molar refractivity (Wildman–Crippen MR) is 81.9 cm³/mol. The van der Waals surface area contributed by atoms with Crippen LogP contribution in [0.2, 0.25) is 0 Å². The highest BCUT2D eigenvalue weighted by Gasteiger charge is 2.07. The number of benzene rings is 2. The van der Waals surface area contributed by atoms with E-state index in [2.05, 4.69) is 4.98 Å². The number of hydrogen-bond donors (Lipinski definition) is 3. The van der Waals surface area contributed by atoms with E-state index < -0.39 is 0 Å². The molecule has 19 heavy (non-hydrogen) atoms. The highest BCUT2D eigenvalue weighted by Crippen LogP contribution is 2.28. The van der Waals surface area contributed by atoms with E-state index in [9.17, 15) is 0 Å². The lowest BCUT2D eigenvalue weighted by atomic mass is 10.1. The zero-order chi connectivity index (χ0) is 12.7. The molecular formula is C14H13ClN4. The molecule has 0 saturated heterocycles. The van der Waals surface area contributed by atoms with E-state index in [1.54, 1.807) is 6.07 Å². The second-order valence-electron chi connectivity index (χ2n) is 4.19. The van der Waals surface area contributed by atoms with Gasteiger partial charge in [0.2, 0.25) is 0 Å². The smallest absolute Gasteiger partial charge is 0.122 e. The van der Waals surface area contributed by atoms with Crippen LogP contribution < -0.4 is 11.5 Å². The van der Waals surface area contributed by atoms with E-state index in [1.807, 2.05) is 36.4 Å². The van der Waals surface area contributed by atoms with Crippen molar-refractivity contribution < 1.29 is 0 Å². The van der Waals surface area contributed by atoms with Crippen molar-refractivity contribution in [2.45, 2.75) is 0 Å². The number of aromatic nitrogens is 1. The highest BCUT2D eigenvalue weighted by atomic mass is 35.5. The lowest BCUT2D eigenvalue weighted by Gasteiger charge is -2.08. The average Bonchev–Trinajstić information content (AvgIpc) is 2.38. The van der Waals surface area contributed by atoms with Gasteiger partial charge in [-0.15, -0.1) is 12.4 Å². The third kappa shape index (κ3) is 2.06. The molecule has 5 N–H and O–H groups in total. The first-order valence-corrected chi connectivity index (χ1v) is 5.59. The first kappa shape index (κ1) is 13.1. The van der Waals surface area contributed by atoms with Crippen molar-refractivity contribution in [3.63, 3.8) is 0 Å². The molecule has 0 unspecified atom stereocenters. The molecule has 0 amide bonds. The summed E-state index contributed by atoms with van der Waals surface area (Å²) in [7, 11) is 0. The molecule has 2 aromatic carbocycles. The first-order valence-electron chi connectivity index (χ1n) is 5.59. The van der Waals surface area contributed by atoms with E-state index >= 15 is 0 Å². The Morgan fingerprint density at radius 1 is 1.00 bits per heavy atom. The van der Waals surface area contributed by atoms with Crippen molar-refractivity contribution in [3.05, 3.63) is 48.0 Å². The molecule has 0 spiro atoms. The van der Waals surface area contributed by atoms with Crippen molar-refractivity contribution in [2.24, 2.45) is 5.73 Å². The molecule has 3 rings (SSSR count). The number of amidine groups is 1. The fourth-order valence-corrected chi connectivity index (χ4v) is 2.09. The summed E-state index contributed by atoms with van der Waals surface area (Å²) < 4.78 is 0. The number of nitrogen functional groups attached to an aromatic ring is 2. The Morgan fingerprint density at radius 3 is 2.42 bits per heavy atom. The number of nitrogens with zero attached hydrogens (tertiary/aromatic N) is 1. The van der Waals surface area contributed by atoms with Gasteiger partial charge in [-0.25, -0.2) is 4.98 Å². The van der Waals surface area contributed by atoms with E-state index in [-0.39, 0.29) is 18.2 Å². The molecule has 4 nitrogen and oxygen atoms in total. The highest BCUT2D eigenvalue weighted by molar-refractivity contribution is 6.08. The fourth-order valence-electron chi connectivity index (χ4n) is 2.09. The molecule has 0 aliphatic carbocycles. The van der Waals surface area contributed by atoms with E-state index in [0.717, 1.165) is 21.8 Å². The minimum absolute atomic E-state index is 0. The van der Waals surface area contributed by atoms with Crippen molar-refractivity contribution >= 4 is 45.7 Å². The van der Waals surface area contributed by atoms with Crippen molar-refractivity contribution in [2.75, 3.05) is 5.73 Å². The van der Waals surface area contributed by atoms with Gasteiger partial charge in [-0.2, -0.15) is 0 Å².